The molecule has 1 N–H and O–H groups in total. The van der Waals surface area contributed by atoms with Gasteiger partial charge in [0, 0.05) is 6.04 Å². The Morgan fingerprint density at radius 1 is 1.22 bits per heavy atom. The summed E-state index contributed by atoms with van der Waals surface area (Å²) in [6, 6.07) is 6.71. The van der Waals surface area contributed by atoms with Crippen LogP contribution in [0.2, 0.25) is 0 Å². The fourth-order valence-electron chi connectivity index (χ4n) is 2.88. The van der Waals surface area contributed by atoms with E-state index in [1.165, 1.54) is 4.31 Å². The molecule has 1 aliphatic heterocycles. The molecule has 0 bridgehead atoms. The summed E-state index contributed by atoms with van der Waals surface area (Å²) in [6.07, 6.45) is 1.99. The third-order valence-corrected chi connectivity index (χ3v) is 5.85. The Labute approximate surface area is 107 Å². The Hall–Kier alpha value is -0.910. The fraction of sp³-hybridized carbons (Fsp3) is 0.538. The number of nitrogens with zero attached hydrogens (tertiary/aromatic N) is 1. The Kier molecular flexibility index (Phi) is 2.73. The SMILES string of the molecule is Cc1ccc(S(=O)(=O)N2[C@@H]3CCCC(O)[C@@H]32)cc1. The van der Waals surface area contributed by atoms with Gasteiger partial charge in [0.15, 0.2) is 0 Å². The van der Waals surface area contributed by atoms with Crippen LogP contribution in [0.4, 0.5) is 0 Å². The van der Waals surface area contributed by atoms with Gasteiger partial charge in [-0.3, -0.25) is 0 Å². The van der Waals surface area contributed by atoms with Crippen LogP contribution in [-0.2, 0) is 10.0 Å². The molecule has 2 unspecified atom stereocenters. The first-order valence-electron chi connectivity index (χ1n) is 6.30. The molecule has 2 fully saturated rings. The Morgan fingerprint density at radius 3 is 2.50 bits per heavy atom. The summed E-state index contributed by atoms with van der Waals surface area (Å²) < 4.78 is 26.3. The molecule has 0 spiro atoms. The molecule has 18 heavy (non-hydrogen) atoms. The molecule has 98 valence electrons. The molecule has 2 aliphatic rings. The second-order valence-electron chi connectivity index (χ2n) is 5.20. The van der Waals surface area contributed by atoms with Crippen molar-refractivity contribution in [1.82, 2.24) is 4.31 Å². The van der Waals surface area contributed by atoms with Crippen LogP contribution in [-0.4, -0.2) is 36.0 Å². The summed E-state index contributed by atoms with van der Waals surface area (Å²) >= 11 is 0. The summed E-state index contributed by atoms with van der Waals surface area (Å²) in [4.78, 5) is 0.328. The van der Waals surface area contributed by atoms with Gasteiger partial charge < -0.3 is 5.11 Å². The smallest absolute Gasteiger partial charge is 0.243 e. The highest BCUT2D eigenvalue weighted by Gasteiger charge is 2.59. The molecule has 1 aliphatic carbocycles. The van der Waals surface area contributed by atoms with Crippen LogP contribution in [0.5, 0.6) is 0 Å². The maximum absolute atomic E-state index is 12.4. The van der Waals surface area contributed by atoms with Gasteiger partial charge in [-0.2, -0.15) is 4.31 Å². The molecule has 5 heteroatoms. The van der Waals surface area contributed by atoms with Gasteiger partial charge in [0.05, 0.1) is 17.0 Å². The summed E-state index contributed by atoms with van der Waals surface area (Å²) in [5.41, 5.74) is 1.04. The number of rotatable bonds is 2. The molecule has 1 heterocycles. The number of hydrogen-bond donors (Lipinski definition) is 1. The Morgan fingerprint density at radius 2 is 1.89 bits per heavy atom. The van der Waals surface area contributed by atoms with E-state index in [0.29, 0.717) is 11.3 Å². The molecule has 4 nitrogen and oxygen atoms in total. The lowest BCUT2D eigenvalue weighted by Gasteiger charge is -2.12. The third-order valence-electron chi connectivity index (χ3n) is 3.92. The average molecular weight is 267 g/mol. The van der Waals surface area contributed by atoms with Crippen LogP contribution in [0.25, 0.3) is 0 Å². The van der Waals surface area contributed by atoms with Gasteiger partial charge in [0.2, 0.25) is 10.0 Å². The second kappa shape index (κ2) is 4.05. The molecule has 4 atom stereocenters. The first kappa shape index (κ1) is 12.1. The summed E-state index contributed by atoms with van der Waals surface area (Å²) in [5, 5.41) is 9.84. The number of aliphatic hydroxyl groups is 1. The van der Waals surface area contributed by atoms with E-state index in [4.69, 9.17) is 0 Å². The molecule has 3 rings (SSSR count). The van der Waals surface area contributed by atoms with E-state index in [9.17, 15) is 13.5 Å². The first-order valence-corrected chi connectivity index (χ1v) is 7.74. The van der Waals surface area contributed by atoms with Crippen molar-refractivity contribution in [3.63, 3.8) is 0 Å². The van der Waals surface area contributed by atoms with E-state index >= 15 is 0 Å². The van der Waals surface area contributed by atoms with E-state index in [1.54, 1.807) is 24.3 Å². The maximum Gasteiger partial charge on any atom is 0.243 e. The number of benzene rings is 1. The van der Waals surface area contributed by atoms with Crippen LogP contribution in [0.15, 0.2) is 29.2 Å². The number of hydrogen-bond acceptors (Lipinski definition) is 3. The first-order chi connectivity index (χ1) is 8.51. The second-order valence-corrected chi connectivity index (χ2v) is 7.05. The van der Waals surface area contributed by atoms with Crippen molar-refractivity contribution in [3.8, 4) is 0 Å². The van der Waals surface area contributed by atoms with Gasteiger partial charge in [-0.15, -0.1) is 0 Å². The summed E-state index contributed by atoms with van der Waals surface area (Å²) in [7, 11) is -3.42. The molecule has 0 amide bonds. The topological polar surface area (TPSA) is 57.4 Å². The highest BCUT2D eigenvalue weighted by atomic mass is 32.2. The zero-order valence-corrected chi connectivity index (χ0v) is 11.1. The van der Waals surface area contributed by atoms with Gasteiger partial charge in [0.1, 0.15) is 0 Å². The summed E-state index contributed by atoms with van der Waals surface area (Å²) in [6.45, 7) is 1.93. The monoisotopic (exact) mass is 267 g/mol. The third kappa shape index (κ3) is 1.77. The minimum atomic E-state index is -3.42. The molecule has 0 aromatic heterocycles. The Balaban J connectivity index is 1.90. The van der Waals surface area contributed by atoms with E-state index in [-0.39, 0.29) is 12.1 Å². The largest absolute Gasteiger partial charge is 0.391 e. The lowest BCUT2D eigenvalue weighted by molar-refractivity contribution is 0.142. The highest BCUT2D eigenvalue weighted by Crippen LogP contribution is 2.44. The summed E-state index contributed by atoms with van der Waals surface area (Å²) in [5.74, 6) is 0. The normalized spacial score (nSPS) is 35.0. The number of aliphatic hydroxyl groups excluding tert-OH is 1. The van der Waals surface area contributed by atoms with Crippen molar-refractivity contribution in [2.75, 3.05) is 0 Å². The number of aryl methyl sites for hydroxylation is 1. The molecule has 1 saturated heterocycles. The van der Waals surface area contributed by atoms with Crippen LogP contribution in [0.3, 0.4) is 0 Å². The molecule has 1 aromatic rings. The van der Waals surface area contributed by atoms with Crippen molar-refractivity contribution in [2.24, 2.45) is 0 Å². The Bertz CT molecular complexity index is 552. The van der Waals surface area contributed by atoms with Gasteiger partial charge >= 0.3 is 0 Å². The zero-order chi connectivity index (χ0) is 12.9. The van der Waals surface area contributed by atoms with Gasteiger partial charge in [-0.1, -0.05) is 17.7 Å². The molecule has 1 saturated carbocycles. The zero-order valence-electron chi connectivity index (χ0n) is 10.3. The van der Waals surface area contributed by atoms with Crippen molar-refractivity contribution >= 4 is 10.0 Å². The predicted molar refractivity (Wildman–Crippen MR) is 67.6 cm³/mol. The van der Waals surface area contributed by atoms with Gasteiger partial charge in [0.25, 0.3) is 0 Å². The molecule has 0 radical (unpaired) electrons. The minimum absolute atomic E-state index is 0.0139. The van der Waals surface area contributed by atoms with E-state index in [1.807, 2.05) is 6.92 Å². The minimum Gasteiger partial charge on any atom is -0.391 e. The standard InChI is InChI=1S/C13H17NO3S/c1-9-5-7-10(8-6-9)18(16,17)14-11-3-2-4-12(15)13(11)14/h5-8,11-13,15H,2-4H2,1H3/t11-,12?,13-,14?/m1/s1. The predicted octanol–water partition coefficient (Wildman–Crippen LogP) is 1.28. The van der Waals surface area contributed by atoms with Gasteiger partial charge in [-0.05, 0) is 38.3 Å². The van der Waals surface area contributed by atoms with Crippen molar-refractivity contribution in [1.29, 1.82) is 0 Å². The maximum atomic E-state index is 12.4. The lowest BCUT2D eigenvalue weighted by atomic mass is 9.98. The van der Waals surface area contributed by atoms with E-state index < -0.39 is 16.1 Å². The van der Waals surface area contributed by atoms with Gasteiger partial charge in [-0.25, -0.2) is 8.42 Å². The lowest BCUT2D eigenvalue weighted by Crippen LogP contribution is -2.23. The average Bonchev–Trinajstić information content (AvgIpc) is 3.06. The number of sulfonamides is 1. The van der Waals surface area contributed by atoms with Crippen LogP contribution in [0.1, 0.15) is 24.8 Å². The molecular formula is C13H17NO3S. The van der Waals surface area contributed by atoms with Crippen molar-refractivity contribution in [2.45, 2.75) is 49.3 Å². The number of fused-ring (bicyclic) bond motifs is 1. The van der Waals surface area contributed by atoms with E-state index in [0.717, 1.165) is 18.4 Å². The van der Waals surface area contributed by atoms with E-state index in [2.05, 4.69) is 0 Å². The fourth-order valence-corrected chi connectivity index (χ4v) is 4.74. The van der Waals surface area contributed by atoms with Crippen molar-refractivity contribution in [3.05, 3.63) is 29.8 Å². The van der Waals surface area contributed by atoms with Crippen LogP contribution >= 0.6 is 0 Å². The highest BCUT2D eigenvalue weighted by molar-refractivity contribution is 7.89. The van der Waals surface area contributed by atoms with Crippen molar-refractivity contribution < 1.29 is 13.5 Å². The quantitative estimate of drug-likeness (QED) is 0.821. The molecular weight excluding hydrogens is 250 g/mol. The van der Waals surface area contributed by atoms with Crippen LogP contribution in [0, 0.1) is 6.92 Å². The van der Waals surface area contributed by atoms with Crippen LogP contribution < -0.4 is 0 Å². The molecule has 1 aromatic carbocycles.